The lowest BCUT2D eigenvalue weighted by atomic mass is 10.00. The van der Waals surface area contributed by atoms with E-state index in [2.05, 4.69) is 10.4 Å². The molecule has 0 spiro atoms. The molecule has 2 aromatic carbocycles. The third-order valence-electron chi connectivity index (χ3n) is 3.72. The Morgan fingerprint density at radius 1 is 1.22 bits per heavy atom. The number of nitrogens with one attached hydrogen (secondary N) is 1. The van der Waals surface area contributed by atoms with Gasteiger partial charge in [0.15, 0.2) is 0 Å². The van der Waals surface area contributed by atoms with Crippen LogP contribution in [0.3, 0.4) is 0 Å². The number of fused-ring (bicyclic) bond motifs is 1. The number of amidine groups is 1. The Kier molecular flexibility index (Phi) is 4.41. The van der Waals surface area contributed by atoms with Gasteiger partial charge in [-0.2, -0.15) is 0 Å². The molecular weight excluding hydrogens is 315 g/mol. The number of aliphatic imine (C=N–C) groups is 2. The highest BCUT2D eigenvalue weighted by Crippen LogP contribution is 2.30. The molecule has 0 saturated heterocycles. The summed E-state index contributed by atoms with van der Waals surface area (Å²) >= 11 is 6.08. The highest BCUT2D eigenvalue weighted by Gasteiger charge is 2.23. The van der Waals surface area contributed by atoms with Crippen LogP contribution in [-0.2, 0) is 0 Å². The molecule has 0 fully saturated rings. The molecule has 0 radical (unpaired) electrons. The summed E-state index contributed by atoms with van der Waals surface area (Å²) in [5.41, 5.74) is 4.92. The number of rotatable bonds is 2. The quantitative estimate of drug-likeness (QED) is 0.652. The van der Waals surface area contributed by atoms with Crippen LogP contribution in [0.4, 0.5) is 10.1 Å². The van der Waals surface area contributed by atoms with E-state index in [4.69, 9.17) is 22.4 Å². The van der Waals surface area contributed by atoms with Gasteiger partial charge in [0.25, 0.3) is 0 Å². The fourth-order valence-electron chi connectivity index (χ4n) is 2.57. The maximum atomic E-state index is 14.3. The Labute approximate surface area is 138 Å². The van der Waals surface area contributed by atoms with E-state index in [1.54, 1.807) is 36.4 Å². The van der Waals surface area contributed by atoms with Crippen LogP contribution in [0.25, 0.3) is 0 Å². The average Bonchev–Trinajstić information content (AvgIpc) is 2.71. The van der Waals surface area contributed by atoms with E-state index < -0.39 is 0 Å². The second-order valence-electron chi connectivity index (χ2n) is 5.18. The third-order valence-corrected chi connectivity index (χ3v) is 3.96. The normalized spacial score (nSPS) is 17.0. The average molecular weight is 331 g/mol. The second-order valence-corrected chi connectivity index (χ2v) is 5.62. The Morgan fingerprint density at radius 2 is 2.00 bits per heavy atom. The summed E-state index contributed by atoms with van der Waals surface area (Å²) in [7, 11) is 0. The Morgan fingerprint density at radius 3 is 2.70 bits per heavy atom. The smallest absolute Gasteiger partial charge is 0.141 e. The van der Waals surface area contributed by atoms with Gasteiger partial charge in [-0.1, -0.05) is 30.7 Å². The molecule has 4 nitrogen and oxygen atoms in total. The zero-order chi connectivity index (χ0) is 16.4. The molecular formula is C17H16ClFN4. The topological polar surface area (TPSA) is 62.8 Å². The maximum Gasteiger partial charge on any atom is 0.141 e. The zero-order valence-electron chi connectivity index (χ0n) is 12.6. The van der Waals surface area contributed by atoms with Crippen LogP contribution in [0, 0.1) is 5.82 Å². The predicted molar refractivity (Wildman–Crippen MR) is 92.0 cm³/mol. The van der Waals surface area contributed by atoms with E-state index in [1.165, 1.54) is 6.07 Å². The highest BCUT2D eigenvalue weighted by atomic mass is 35.5. The molecule has 0 bridgehead atoms. The van der Waals surface area contributed by atoms with Crippen molar-refractivity contribution in [2.24, 2.45) is 15.8 Å². The molecule has 0 aliphatic carbocycles. The van der Waals surface area contributed by atoms with Crippen LogP contribution in [0.1, 0.15) is 24.5 Å². The molecule has 1 unspecified atom stereocenters. The standard InChI is InChI=1S/C17H16ClFN4/c1-2-14-17(23-20)22-15-9-10(18)7-8-12(15)16(21-14)11-5-3-4-6-13(11)19/h3-9,14H,2,20H2,1H3,(H,22,23). The summed E-state index contributed by atoms with van der Waals surface area (Å²) in [6.45, 7) is 1.98. The number of hydrogen-bond acceptors (Lipinski definition) is 4. The van der Waals surface area contributed by atoms with E-state index in [1.807, 2.05) is 6.92 Å². The van der Waals surface area contributed by atoms with Gasteiger partial charge in [0.05, 0.1) is 11.4 Å². The number of nitrogens with zero attached hydrogens (tertiary/aromatic N) is 2. The minimum absolute atomic E-state index is 0.277. The molecule has 1 aliphatic rings. The number of halogens is 2. The second kappa shape index (κ2) is 6.48. The van der Waals surface area contributed by atoms with Crippen LogP contribution in [-0.4, -0.2) is 17.6 Å². The van der Waals surface area contributed by atoms with Crippen LogP contribution >= 0.6 is 11.6 Å². The van der Waals surface area contributed by atoms with E-state index >= 15 is 0 Å². The number of nitrogens with two attached hydrogens (primary N) is 1. The first-order valence-electron chi connectivity index (χ1n) is 7.32. The van der Waals surface area contributed by atoms with Crippen molar-refractivity contribution in [1.82, 2.24) is 5.43 Å². The van der Waals surface area contributed by atoms with Crippen LogP contribution in [0.15, 0.2) is 52.4 Å². The van der Waals surface area contributed by atoms with Gasteiger partial charge in [-0.15, -0.1) is 0 Å². The van der Waals surface area contributed by atoms with Crippen molar-refractivity contribution in [2.75, 3.05) is 0 Å². The van der Waals surface area contributed by atoms with Gasteiger partial charge in [0.2, 0.25) is 0 Å². The van der Waals surface area contributed by atoms with E-state index in [9.17, 15) is 4.39 Å². The van der Waals surface area contributed by atoms with Crippen molar-refractivity contribution in [1.29, 1.82) is 0 Å². The van der Waals surface area contributed by atoms with Gasteiger partial charge in [-0.05, 0) is 36.8 Å². The van der Waals surface area contributed by atoms with Crippen molar-refractivity contribution in [3.8, 4) is 0 Å². The molecule has 0 aromatic heterocycles. The Hall–Kier alpha value is -2.24. The fourth-order valence-corrected chi connectivity index (χ4v) is 2.74. The van der Waals surface area contributed by atoms with Crippen LogP contribution in [0.2, 0.25) is 5.02 Å². The molecule has 0 saturated carbocycles. The van der Waals surface area contributed by atoms with Gasteiger partial charge in [0.1, 0.15) is 17.7 Å². The molecule has 3 N–H and O–H groups in total. The largest absolute Gasteiger partial charge is 0.310 e. The van der Waals surface area contributed by atoms with Crippen LogP contribution in [0.5, 0.6) is 0 Å². The summed E-state index contributed by atoms with van der Waals surface area (Å²) in [6.07, 6.45) is 0.683. The first-order chi connectivity index (χ1) is 11.1. The van der Waals surface area contributed by atoms with Crippen molar-refractivity contribution < 1.29 is 4.39 Å². The summed E-state index contributed by atoms with van der Waals surface area (Å²) in [5.74, 6) is 5.79. The minimum atomic E-state index is -0.328. The SMILES string of the molecule is CCC1N=C(c2ccccc2F)c2ccc(Cl)cc2N=C1NN. The summed E-state index contributed by atoms with van der Waals surface area (Å²) in [5, 5.41) is 0.548. The van der Waals surface area contributed by atoms with Crippen molar-refractivity contribution in [2.45, 2.75) is 19.4 Å². The summed E-state index contributed by atoms with van der Waals surface area (Å²) in [4.78, 5) is 9.24. The molecule has 6 heteroatoms. The fraction of sp³-hybridized carbons (Fsp3) is 0.176. The first-order valence-corrected chi connectivity index (χ1v) is 7.69. The van der Waals surface area contributed by atoms with Crippen LogP contribution < -0.4 is 11.3 Å². The van der Waals surface area contributed by atoms with E-state index in [0.717, 1.165) is 5.56 Å². The van der Waals surface area contributed by atoms with E-state index in [-0.39, 0.29) is 11.9 Å². The predicted octanol–water partition coefficient (Wildman–Crippen LogP) is 3.60. The lowest BCUT2D eigenvalue weighted by Gasteiger charge is -2.13. The molecule has 1 heterocycles. The number of hydrogen-bond donors (Lipinski definition) is 2. The molecule has 1 atom stereocenters. The van der Waals surface area contributed by atoms with Gasteiger partial charge in [-0.25, -0.2) is 15.2 Å². The molecule has 3 rings (SSSR count). The lowest BCUT2D eigenvalue weighted by molar-refractivity contribution is 0.625. The van der Waals surface area contributed by atoms with Gasteiger partial charge in [0, 0.05) is 16.1 Å². The monoisotopic (exact) mass is 330 g/mol. The minimum Gasteiger partial charge on any atom is -0.310 e. The number of benzene rings is 2. The summed E-state index contributed by atoms with van der Waals surface area (Å²) in [6, 6.07) is 11.6. The molecule has 2 aromatic rings. The van der Waals surface area contributed by atoms with Crippen molar-refractivity contribution >= 4 is 28.8 Å². The summed E-state index contributed by atoms with van der Waals surface area (Å²) < 4.78 is 14.3. The maximum absolute atomic E-state index is 14.3. The molecule has 23 heavy (non-hydrogen) atoms. The Balaban J connectivity index is 2.27. The first kappa shape index (κ1) is 15.6. The Bertz CT molecular complexity index is 801. The number of hydrazine groups is 1. The zero-order valence-corrected chi connectivity index (χ0v) is 13.3. The molecule has 1 aliphatic heterocycles. The van der Waals surface area contributed by atoms with Gasteiger partial charge >= 0.3 is 0 Å². The highest BCUT2D eigenvalue weighted by molar-refractivity contribution is 6.31. The third kappa shape index (κ3) is 2.98. The molecule has 118 valence electrons. The van der Waals surface area contributed by atoms with Gasteiger partial charge < -0.3 is 5.43 Å². The molecule has 0 amide bonds. The lowest BCUT2D eigenvalue weighted by Crippen LogP contribution is -2.38. The van der Waals surface area contributed by atoms with Crippen molar-refractivity contribution in [3.63, 3.8) is 0 Å². The van der Waals surface area contributed by atoms with Gasteiger partial charge in [-0.3, -0.25) is 4.99 Å². The van der Waals surface area contributed by atoms with Crippen molar-refractivity contribution in [3.05, 3.63) is 64.4 Å². The van der Waals surface area contributed by atoms with E-state index in [0.29, 0.717) is 34.2 Å².